The van der Waals surface area contributed by atoms with Crippen LogP contribution in [0.2, 0.25) is 0 Å². The number of thiophene rings is 1. The van der Waals surface area contributed by atoms with E-state index in [-0.39, 0.29) is 23.9 Å². The quantitative estimate of drug-likeness (QED) is 0.904. The van der Waals surface area contributed by atoms with Gasteiger partial charge in [-0.25, -0.2) is 0 Å². The van der Waals surface area contributed by atoms with Crippen molar-refractivity contribution in [1.29, 1.82) is 0 Å². The fourth-order valence-corrected chi connectivity index (χ4v) is 3.37. The van der Waals surface area contributed by atoms with Gasteiger partial charge in [-0.1, -0.05) is 0 Å². The number of carbonyl (C=O) groups excluding carboxylic acids is 2. The van der Waals surface area contributed by atoms with E-state index in [4.69, 9.17) is 0 Å². The maximum absolute atomic E-state index is 11.9. The van der Waals surface area contributed by atoms with Crippen molar-refractivity contribution in [3.8, 4) is 0 Å². The SMILES string of the molecule is Cc1ccc(CCC(=O)N[C@H]2CC(=O)N(C(C)C)C2)s1. The number of likely N-dealkylation sites (tertiary alicyclic amines) is 1. The first kappa shape index (κ1) is 15.0. The zero-order valence-electron chi connectivity index (χ0n) is 12.3. The van der Waals surface area contributed by atoms with E-state index >= 15 is 0 Å². The van der Waals surface area contributed by atoms with Crippen LogP contribution in [-0.4, -0.2) is 35.3 Å². The summed E-state index contributed by atoms with van der Waals surface area (Å²) >= 11 is 1.73. The third kappa shape index (κ3) is 3.82. The van der Waals surface area contributed by atoms with E-state index in [1.807, 2.05) is 18.7 Å². The molecular weight excluding hydrogens is 272 g/mol. The maximum atomic E-state index is 11.9. The van der Waals surface area contributed by atoms with Crippen molar-refractivity contribution in [2.24, 2.45) is 0 Å². The van der Waals surface area contributed by atoms with Gasteiger partial charge < -0.3 is 10.2 Å². The van der Waals surface area contributed by atoms with E-state index in [1.165, 1.54) is 9.75 Å². The summed E-state index contributed by atoms with van der Waals surface area (Å²) in [7, 11) is 0. The van der Waals surface area contributed by atoms with E-state index in [0.29, 0.717) is 19.4 Å². The lowest BCUT2D eigenvalue weighted by atomic mass is 10.2. The second-order valence-corrected chi connectivity index (χ2v) is 6.99. The molecule has 0 aliphatic carbocycles. The molecule has 0 radical (unpaired) electrons. The minimum atomic E-state index is -0.0255. The van der Waals surface area contributed by atoms with Crippen molar-refractivity contribution in [2.75, 3.05) is 6.54 Å². The third-order valence-electron chi connectivity index (χ3n) is 3.54. The van der Waals surface area contributed by atoms with Gasteiger partial charge in [0.2, 0.25) is 11.8 Å². The normalized spacial score (nSPS) is 18.9. The van der Waals surface area contributed by atoms with Gasteiger partial charge in [-0.3, -0.25) is 9.59 Å². The molecule has 20 heavy (non-hydrogen) atoms. The van der Waals surface area contributed by atoms with Crippen LogP contribution in [0.25, 0.3) is 0 Å². The second-order valence-electron chi connectivity index (χ2n) is 5.62. The molecule has 2 amide bonds. The average Bonchev–Trinajstić information content (AvgIpc) is 2.93. The zero-order valence-corrected chi connectivity index (χ0v) is 13.1. The molecule has 1 aliphatic heterocycles. The van der Waals surface area contributed by atoms with Crippen LogP contribution in [0.4, 0.5) is 0 Å². The zero-order chi connectivity index (χ0) is 14.7. The molecule has 1 aromatic heterocycles. The average molecular weight is 294 g/mol. The van der Waals surface area contributed by atoms with Gasteiger partial charge in [-0.15, -0.1) is 11.3 Å². The summed E-state index contributed by atoms with van der Waals surface area (Å²) in [6.45, 7) is 6.71. The predicted molar refractivity (Wildman–Crippen MR) is 80.8 cm³/mol. The highest BCUT2D eigenvalue weighted by Crippen LogP contribution is 2.17. The number of aryl methyl sites for hydroxylation is 2. The number of rotatable bonds is 5. The molecule has 1 N–H and O–H groups in total. The maximum Gasteiger partial charge on any atom is 0.225 e. The van der Waals surface area contributed by atoms with Crippen LogP contribution in [-0.2, 0) is 16.0 Å². The first-order chi connectivity index (χ1) is 9.45. The van der Waals surface area contributed by atoms with Crippen molar-refractivity contribution in [3.05, 3.63) is 21.9 Å². The lowest BCUT2D eigenvalue weighted by Crippen LogP contribution is -2.38. The van der Waals surface area contributed by atoms with Gasteiger partial charge in [-0.2, -0.15) is 0 Å². The third-order valence-corrected chi connectivity index (χ3v) is 4.60. The van der Waals surface area contributed by atoms with Crippen LogP contribution >= 0.6 is 11.3 Å². The van der Waals surface area contributed by atoms with Crippen molar-refractivity contribution in [2.45, 2.75) is 52.1 Å². The number of nitrogens with one attached hydrogen (secondary N) is 1. The van der Waals surface area contributed by atoms with E-state index in [1.54, 1.807) is 11.3 Å². The standard InChI is InChI=1S/C15H22N2O2S/c1-10(2)17-9-12(8-15(17)19)16-14(18)7-6-13-5-4-11(3)20-13/h4-5,10,12H,6-9H2,1-3H3,(H,16,18)/t12-/m0/s1. The highest BCUT2D eigenvalue weighted by molar-refractivity contribution is 7.11. The Morgan fingerprint density at radius 1 is 1.50 bits per heavy atom. The Bertz CT molecular complexity index is 496. The van der Waals surface area contributed by atoms with Gasteiger partial charge in [0.1, 0.15) is 0 Å². The van der Waals surface area contributed by atoms with Gasteiger partial charge in [0, 0.05) is 35.2 Å². The monoisotopic (exact) mass is 294 g/mol. The molecule has 1 atom stereocenters. The van der Waals surface area contributed by atoms with Crippen LogP contribution < -0.4 is 5.32 Å². The van der Waals surface area contributed by atoms with Gasteiger partial charge in [-0.05, 0) is 39.3 Å². The van der Waals surface area contributed by atoms with E-state index in [2.05, 4.69) is 24.4 Å². The molecule has 110 valence electrons. The summed E-state index contributed by atoms with van der Waals surface area (Å²) in [5.41, 5.74) is 0. The molecule has 0 unspecified atom stereocenters. The lowest BCUT2D eigenvalue weighted by molar-refractivity contribution is -0.129. The lowest BCUT2D eigenvalue weighted by Gasteiger charge is -2.21. The Labute approximate surface area is 124 Å². The number of hydrogen-bond acceptors (Lipinski definition) is 3. The van der Waals surface area contributed by atoms with Crippen LogP contribution in [0.5, 0.6) is 0 Å². The molecule has 1 aromatic rings. The minimum absolute atomic E-state index is 0.0255. The smallest absolute Gasteiger partial charge is 0.225 e. The molecule has 4 nitrogen and oxygen atoms in total. The number of hydrogen-bond donors (Lipinski definition) is 1. The Kier molecular flexibility index (Phi) is 4.81. The molecule has 1 saturated heterocycles. The summed E-state index contributed by atoms with van der Waals surface area (Å²) in [6, 6.07) is 4.34. The van der Waals surface area contributed by atoms with Crippen molar-refractivity contribution in [3.63, 3.8) is 0 Å². The van der Waals surface area contributed by atoms with Gasteiger partial charge in [0.25, 0.3) is 0 Å². The second kappa shape index (κ2) is 6.39. The molecule has 2 rings (SSSR count). The summed E-state index contributed by atoms with van der Waals surface area (Å²) < 4.78 is 0. The molecular formula is C15H22N2O2S. The Morgan fingerprint density at radius 3 is 2.80 bits per heavy atom. The molecule has 1 fully saturated rings. The molecule has 1 aliphatic rings. The summed E-state index contributed by atoms with van der Waals surface area (Å²) in [6.07, 6.45) is 1.70. The minimum Gasteiger partial charge on any atom is -0.351 e. The predicted octanol–water partition coefficient (Wildman–Crippen LogP) is 2.11. The fourth-order valence-electron chi connectivity index (χ4n) is 2.48. The number of amides is 2. The molecule has 0 spiro atoms. The van der Waals surface area contributed by atoms with E-state index in [9.17, 15) is 9.59 Å². The van der Waals surface area contributed by atoms with Crippen LogP contribution in [0, 0.1) is 6.92 Å². The summed E-state index contributed by atoms with van der Waals surface area (Å²) in [4.78, 5) is 28.0. The van der Waals surface area contributed by atoms with Crippen molar-refractivity contribution in [1.82, 2.24) is 10.2 Å². The highest BCUT2D eigenvalue weighted by atomic mass is 32.1. The number of carbonyl (C=O) groups is 2. The van der Waals surface area contributed by atoms with Crippen LogP contribution in [0.15, 0.2) is 12.1 Å². The van der Waals surface area contributed by atoms with E-state index < -0.39 is 0 Å². The van der Waals surface area contributed by atoms with Crippen molar-refractivity contribution < 1.29 is 9.59 Å². The van der Waals surface area contributed by atoms with Crippen LogP contribution in [0.3, 0.4) is 0 Å². The Hall–Kier alpha value is -1.36. The number of nitrogens with zero attached hydrogens (tertiary/aromatic N) is 1. The highest BCUT2D eigenvalue weighted by Gasteiger charge is 2.31. The summed E-state index contributed by atoms with van der Waals surface area (Å²) in [5, 5.41) is 2.97. The molecule has 2 heterocycles. The molecule has 0 bridgehead atoms. The van der Waals surface area contributed by atoms with Crippen LogP contribution in [0.1, 0.15) is 36.4 Å². The van der Waals surface area contributed by atoms with Gasteiger partial charge in [0.15, 0.2) is 0 Å². The first-order valence-electron chi connectivity index (χ1n) is 7.10. The molecule has 5 heteroatoms. The molecule has 0 saturated carbocycles. The first-order valence-corrected chi connectivity index (χ1v) is 7.91. The van der Waals surface area contributed by atoms with Crippen molar-refractivity contribution >= 4 is 23.2 Å². The summed E-state index contributed by atoms with van der Waals surface area (Å²) in [5.74, 6) is 0.179. The largest absolute Gasteiger partial charge is 0.351 e. The van der Waals surface area contributed by atoms with Gasteiger partial charge in [0.05, 0.1) is 6.04 Å². The fraction of sp³-hybridized carbons (Fsp3) is 0.600. The molecule has 0 aromatic carbocycles. The Morgan fingerprint density at radius 2 is 2.25 bits per heavy atom. The Balaban J connectivity index is 1.76. The topological polar surface area (TPSA) is 49.4 Å². The van der Waals surface area contributed by atoms with Gasteiger partial charge >= 0.3 is 0 Å². The van der Waals surface area contributed by atoms with E-state index in [0.717, 1.165) is 6.42 Å².